The third-order valence-electron chi connectivity index (χ3n) is 4.62. The molecule has 0 saturated heterocycles. The van der Waals surface area contributed by atoms with Crippen LogP contribution in [0, 0.1) is 27.6 Å². The number of nitro benzene ring substituents is 1. The number of hydrogen-bond donors (Lipinski definition) is 1. The van der Waals surface area contributed by atoms with E-state index < -0.39 is 45.6 Å². The Kier molecular flexibility index (Phi) is 4.27. The van der Waals surface area contributed by atoms with Crippen LogP contribution in [0.25, 0.3) is 11.1 Å². The van der Waals surface area contributed by atoms with E-state index >= 15 is 0 Å². The van der Waals surface area contributed by atoms with E-state index in [1.165, 1.54) is 24.3 Å². The second kappa shape index (κ2) is 6.69. The number of carbonyl (C=O) groups is 2. The minimum absolute atomic E-state index is 0.0692. The lowest BCUT2D eigenvalue weighted by Gasteiger charge is -2.18. The van der Waals surface area contributed by atoms with E-state index in [1.807, 2.05) is 0 Å². The topological polar surface area (TPSA) is 101 Å². The fourth-order valence-electron chi connectivity index (χ4n) is 3.24. The van der Waals surface area contributed by atoms with Crippen LogP contribution in [0.15, 0.2) is 48.5 Å². The summed E-state index contributed by atoms with van der Waals surface area (Å²) in [4.78, 5) is 36.2. The van der Waals surface area contributed by atoms with Gasteiger partial charge in [-0.05, 0) is 29.8 Å². The number of fused-ring (bicyclic) bond motifs is 1. The Hall–Kier alpha value is -4.21. The van der Waals surface area contributed by atoms with Crippen LogP contribution in [0.3, 0.4) is 0 Å². The molecule has 1 heterocycles. The summed E-state index contributed by atoms with van der Waals surface area (Å²) in [6.07, 6.45) is 0. The van der Waals surface area contributed by atoms with Crippen molar-refractivity contribution >= 4 is 23.2 Å². The van der Waals surface area contributed by atoms with Crippen LogP contribution in [0.2, 0.25) is 0 Å². The van der Waals surface area contributed by atoms with Crippen molar-refractivity contribution in [3.05, 3.63) is 87.2 Å². The molecule has 7 nitrogen and oxygen atoms in total. The zero-order chi connectivity index (χ0) is 21.7. The number of rotatable bonds is 3. The third-order valence-corrected chi connectivity index (χ3v) is 4.62. The predicted octanol–water partition coefficient (Wildman–Crippen LogP) is 4.19. The normalized spacial score (nSPS) is 13.0. The highest BCUT2D eigenvalue weighted by atomic mass is 19.1. The molecule has 0 bridgehead atoms. The number of imide groups is 1. The summed E-state index contributed by atoms with van der Waals surface area (Å²) in [7, 11) is 0. The number of para-hydroxylation sites is 1. The molecule has 1 aliphatic rings. The zero-order valence-electron chi connectivity index (χ0n) is 14.7. The van der Waals surface area contributed by atoms with Gasteiger partial charge >= 0.3 is 5.69 Å². The summed E-state index contributed by atoms with van der Waals surface area (Å²) >= 11 is 0. The molecule has 0 atom stereocenters. The molecule has 0 spiro atoms. The van der Waals surface area contributed by atoms with Crippen LogP contribution in [-0.2, 0) is 0 Å². The molecule has 10 heteroatoms. The Bertz CT molecular complexity index is 1250. The van der Waals surface area contributed by atoms with Gasteiger partial charge in [-0.3, -0.25) is 19.7 Å². The van der Waals surface area contributed by atoms with Crippen molar-refractivity contribution in [3.63, 3.8) is 0 Å². The van der Waals surface area contributed by atoms with Crippen LogP contribution in [0.1, 0.15) is 20.7 Å². The number of phenols is 1. The first-order chi connectivity index (χ1) is 14.2. The summed E-state index contributed by atoms with van der Waals surface area (Å²) in [5.41, 5.74) is -1.79. The second-order valence-corrected chi connectivity index (χ2v) is 6.36. The van der Waals surface area contributed by atoms with E-state index in [4.69, 9.17) is 0 Å². The number of amides is 2. The van der Waals surface area contributed by atoms with E-state index in [1.54, 1.807) is 0 Å². The Balaban J connectivity index is 1.88. The van der Waals surface area contributed by atoms with Gasteiger partial charge in [0.1, 0.15) is 0 Å². The van der Waals surface area contributed by atoms with Gasteiger partial charge in [-0.2, -0.15) is 4.39 Å². The zero-order valence-corrected chi connectivity index (χ0v) is 14.7. The van der Waals surface area contributed by atoms with Gasteiger partial charge < -0.3 is 5.11 Å². The lowest BCUT2D eigenvalue weighted by Crippen LogP contribution is -2.29. The first-order valence-corrected chi connectivity index (χ1v) is 8.35. The van der Waals surface area contributed by atoms with Crippen molar-refractivity contribution in [1.82, 2.24) is 0 Å². The van der Waals surface area contributed by atoms with Crippen LogP contribution in [0.4, 0.5) is 24.5 Å². The standard InChI is InChI=1S/C20H9F3N2O5/c21-13-7-11-12(8-17(13)25(29)30)20(28)24(19(11)27)16-4-2-1-3-10(16)9-5-14(22)18(26)15(23)6-9/h1-8,26H. The molecule has 2 amide bonds. The molecule has 30 heavy (non-hydrogen) atoms. The van der Waals surface area contributed by atoms with E-state index in [0.29, 0.717) is 17.0 Å². The highest BCUT2D eigenvalue weighted by molar-refractivity contribution is 6.35. The maximum absolute atomic E-state index is 14.0. The van der Waals surface area contributed by atoms with Gasteiger partial charge in [0.2, 0.25) is 5.82 Å². The molecule has 0 aliphatic carbocycles. The first kappa shape index (κ1) is 19.1. The lowest BCUT2D eigenvalue weighted by molar-refractivity contribution is -0.387. The van der Waals surface area contributed by atoms with Gasteiger partial charge in [-0.1, -0.05) is 18.2 Å². The molecule has 0 aromatic heterocycles. The number of nitrogens with zero attached hydrogens (tertiary/aromatic N) is 2. The average Bonchev–Trinajstić information content (AvgIpc) is 2.94. The molecule has 0 saturated carbocycles. The van der Waals surface area contributed by atoms with Crippen molar-refractivity contribution in [2.75, 3.05) is 4.90 Å². The van der Waals surface area contributed by atoms with E-state index in [-0.39, 0.29) is 27.9 Å². The Morgan fingerprint density at radius 1 is 0.833 bits per heavy atom. The molecule has 4 rings (SSSR count). The first-order valence-electron chi connectivity index (χ1n) is 8.35. The van der Waals surface area contributed by atoms with Crippen LogP contribution in [0.5, 0.6) is 5.75 Å². The SMILES string of the molecule is O=C1c2cc(F)c([N+](=O)[O-])cc2C(=O)N1c1ccccc1-c1cc(F)c(O)c(F)c1. The second-order valence-electron chi connectivity index (χ2n) is 6.36. The highest BCUT2D eigenvalue weighted by Crippen LogP contribution is 2.38. The fraction of sp³-hybridized carbons (Fsp3) is 0. The van der Waals surface area contributed by atoms with Crippen LogP contribution < -0.4 is 4.90 Å². The van der Waals surface area contributed by atoms with Crippen molar-refractivity contribution in [2.24, 2.45) is 0 Å². The van der Waals surface area contributed by atoms with Gasteiger partial charge in [0, 0.05) is 11.6 Å². The number of nitro groups is 1. The van der Waals surface area contributed by atoms with Crippen LogP contribution in [-0.4, -0.2) is 21.8 Å². The fourth-order valence-corrected chi connectivity index (χ4v) is 3.24. The Morgan fingerprint density at radius 3 is 2.00 bits per heavy atom. The maximum Gasteiger partial charge on any atom is 0.305 e. The summed E-state index contributed by atoms with van der Waals surface area (Å²) in [6.45, 7) is 0. The van der Waals surface area contributed by atoms with Crippen LogP contribution >= 0.6 is 0 Å². The smallest absolute Gasteiger partial charge is 0.305 e. The van der Waals surface area contributed by atoms with Gasteiger partial charge in [-0.25, -0.2) is 13.7 Å². The molecule has 3 aromatic rings. The van der Waals surface area contributed by atoms with E-state index in [2.05, 4.69) is 0 Å². The molecule has 0 radical (unpaired) electrons. The van der Waals surface area contributed by atoms with Crippen molar-refractivity contribution < 1.29 is 32.8 Å². The van der Waals surface area contributed by atoms with Gasteiger partial charge in [0.25, 0.3) is 11.8 Å². The minimum Gasteiger partial charge on any atom is -0.503 e. The summed E-state index contributed by atoms with van der Waals surface area (Å²) in [5, 5.41) is 20.3. The molecule has 0 fully saturated rings. The monoisotopic (exact) mass is 414 g/mol. The minimum atomic E-state index is -1.28. The molecular formula is C20H9F3N2O5. The molecule has 1 N–H and O–H groups in total. The van der Waals surface area contributed by atoms with Crippen molar-refractivity contribution in [2.45, 2.75) is 0 Å². The number of benzene rings is 3. The van der Waals surface area contributed by atoms with Crippen molar-refractivity contribution in [3.8, 4) is 16.9 Å². The van der Waals surface area contributed by atoms with E-state index in [0.717, 1.165) is 12.1 Å². The van der Waals surface area contributed by atoms with E-state index in [9.17, 15) is 38.0 Å². The number of aromatic hydroxyl groups is 1. The number of phenolic OH excluding ortho intramolecular Hbond substituents is 1. The third kappa shape index (κ3) is 2.77. The number of carbonyl (C=O) groups excluding carboxylic acids is 2. The maximum atomic E-state index is 14.0. The molecule has 3 aromatic carbocycles. The highest BCUT2D eigenvalue weighted by Gasteiger charge is 2.40. The molecule has 0 unspecified atom stereocenters. The number of halogens is 3. The quantitative estimate of drug-likeness (QED) is 0.394. The summed E-state index contributed by atoms with van der Waals surface area (Å²) in [5.74, 6) is -6.86. The summed E-state index contributed by atoms with van der Waals surface area (Å²) < 4.78 is 41.6. The lowest BCUT2D eigenvalue weighted by atomic mass is 10.0. The Morgan fingerprint density at radius 2 is 1.40 bits per heavy atom. The van der Waals surface area contributed by atoms with Gasteiger partial charge in [-0.15, -0.1) is 0 Å². The largest absolute Gasteiger partial charge is 0.503 e. The van der Waals surface area contributed by atoms with Gasteiger partial charge in [0.15, 0.2) is 17.4 Å². The average molecular weight is 414 g/mol. The van der Waals surface area contributed by atoms with Gasteiger partial charge in [0.05, 0.1) is 21.7 Å². The molecule has 150 valence electrons. The Labute approximate surface area is 165 Å². The predicted molar refractivity (Wildman–Crippen MR) is 97.7 cm³/mol. The molecule has 1 aliphatic heterocycles. The summed E-state index contributed by atoms with van der Waals surface area (Å²) in [6, 6.07) is 8.57. The molecular weight excluding hydrogens is 405 g/mol. The number of hydrogen-bond acceptors (Lipinski definition) is 5. The van der Waals surface area contributed by atoms with Crippen molar-refractivity contribution in [1.29, 1.82) is 0 Å². The number of anilines is 1.